The van der Waals surface area contributed by atoms with E-state index in [1.54, 1.807) is 0 Å². The van der Waals surface area contributed by atoms with Crippen LogP contribution in [0.1, 0.15) is 35.7 Å². The van der Waals surface area contributed by atoms with Crippen molar-refractivity contribution < 1.29 is 4.79 Å². The van der Waals surface area contributed by atoms with Crippen LogP contribution < -0.4 is 10.6 Å². The van der Waals surface area contributed by atoms with Crippen molar-refractivity contribution in [1.82, 2.24) is 10.6 Å². The lowest BCUT2D eigenvalue weighted by molar-refractivity contribution is -0.121. The Labute approximate surface area is 112 Å². The van der Waals surface area contributed by atoms with Gasteiger partial charge in [0.05, 0.1) is 6.04 Å². The molecule has 96 valence electrons. The third-order valence-electron chi connectivity index (χ3n) is 2.99. The Balaban J connectivity index is 0.00000144. The van der Waals surface area contributed by atoms with Crippen LogP contribution in [0, 0.1) is 0 Å². The van der Waals surface area contributed by atoms with E-state index in [0.29, 0.717) is 6.42 Å². The zero-order valence-corrected chi connectivity index (χ0v) is 11.6. The average Bonchev–Trinajstić information content (AvgIpc) is 2.75. The zero-order chi connectivity index (χ0) is 11.4. The van der Waals surface area contributed by atoms with E-state index in [1.165, 1.54) is 23.3 Å². The fourth-order valence-electron chi connectivity index (χ4n) is 2.14. The van der Waals surface area contributed by atoms with Gasteiger partial charge in [0.25, 0.3) is 0 Å². The zero-order valence-electron chi connectivity index (χ0n) is 9.99. The van der Waals surface area contributed by atoms with Gasteiger partial charge in [-0.2, -0.15) is 0 Å². The third kappa shape index (κ3) is 3.69. The number of hydrogen-bond donors (Lipinski definition) is 2. The van der Waals surface area contributed by atoms with Crippen molar-refractivity contribution in [2.24, 2.45) is 0 Å². The minimum absolute atomic E-state index is 0. The Kier molecular flexibility index (Phi) is 5.95. The maximum atomic E-state index is 11.7. The van der Waals surface area contributed by atoms with E-state index in [4.69, 9.17) is 0 Å². The van der Waals surface area contributed by atoms with Crippen LogP contribution in [0.25, 0.3) is 0 Å². The molecule has 0 saturated carbocycles. The maximum absolute atomic E-state index is 11.7. The molecule has 0 fully saturated rings. The Hall–Kier alpha value is -0.580. The van der Waals surface area contributed by atoms with Crippen molar-refractivity contribution in [2.45, 2.75) is 31.7 Å². The molecule has 0 bridgehead atoms. The number of halogens is 1. The van der Waals surface area contributed by atoms with Gasteiger partial charge in [0.15, 0.2) is 0 Å². The van der Waals surface area contributed by atoms with Crippen molar-refractivity contribution in [3.8, 4) is 0 Å². The summed E-state index contributed by atoms with van der Waals surface area (Å²) in [5, 5.41) is 8.24. The summed E-state index contributed by atoms with van der Waals surface area (Å²) in [7, 11) is 1.87. The highest BCUT2D eigenvalue weighted by atomic mass is 35.5. The summed E-state index contributed by atoms with van der Waals surface area (Å²) in [5.41, 5.74) is 1.34. The molecule has 0 spiro atoms. The quantitative estimate of drug-likeness (QED) is 0.884. The summed E-state index contributed by atoms with van der Waals surface area (Å²) in [4.78, 5) is 13.1. The predicted molar refractivity (Wildman–Crippen MR) is 73.9 cm³/mol. The van der Waals surface area contributed by atoms with Crippen LogP contribution in [-0.4, -0.2) is 19.5 Å². The van der Waals surface area contributed by atoms with Crippen LogP contribution in [0.2, 0.25) is 0 Å². The first-order valence-electron chi connectivity index (χ1n) is 5.81. The van der Waals surface area contributed by atoms with E-state index < -0.39 is 0 Å². The maximum Gasteiger partial charge on any atom is 0.221 e. The first-order valence-corrected chi connectivity index (χ1v) is 6.69. The molecule has 0 radical (unpaired) electrons. The summed E-state index contributed by atoms with van der Waals surface area (Å²) in [6.07, 6.45) is 4.00. The van der Waals surface area contributed by atoms with E-state index in [9.17, 15) is 4.79 Å². The van der Waals surface area contributed by atoms with Crippen molar-refractivity contribution in [3.05, 3.63) is 21.9 Å². The highest BCUT2D eigenvalue weighted by Gasteiger charge is 2.22. The summed E-state index contributed by atoms with van der Waals surface area (Å²) < 4.78 is 0. The van der Waals surface area contributed by atoms with Gasteiger partial charge in [-0.15, -0.1) is 23.7 Å². The number of rotatable bonds is 4. The molecule has 0 aromatic carbocycles. The van der Waals surface area contributed by atoms with Crippen molar-refractivity contribution in [3.63, 3.8) is 0 Å². The number of carbonyl (C=O) groups is 1. The molecule has 5 heteroatoms. The number of thiophene rings is 1. The van der Waals surface area contributed by atoms with Crippen molar-refractivity contribution >= 4 is 29.7 Å². The second-order valence-electron chi connectivity index (χ2n) is 4.17. The van der Waals surface area contributed by atoms with Crippen LogP contribution in [0.5, 0.6) is 0 Å². The topological polar surface area (TPSA) is 41.1 Å². The second-order valence-corrected chi connectivity index (χ2v) is 5.17. The Morgan fingerprint density at radius 2 is 2.41 bits per heavy atom. The van der Waals surface area contributed by atoms with Gasteiger partial charge in [-0.3, -0.25) is 4.79 Å². The lowest BCUT2D eigenvalue weighted by Crippen LogP contribution is -2.32. The predicted octanol–water partition coefficient (Wildman–Crippen LogP) is 2.27. The number of aryl methyl sites for hydroxylation is 1. The number of hydrogen-bond acceptors (Lipinski definition) is 3. The molecule has 2 rings (SSSR count). The van der Waals surface area contributed by atoms with Crippen molar-refractivity contribution in [1.29, 1.82) is 0 Å². The van der Waals surface area contributed by atoms with Gasteiger partial charge < -0.3 is 10.6 Å². The molecule has 3 nitrogen and oxygen atoms in total. The van der Waals surface area contributed by atoms with Crippen LogP contribution >= 0.6 is 23.7 Å². The molecule has 1 aliphatic carbocycles. The second kappa shape index (κ2) is 6.99. The lowest BCUT2D eigenvalue weighted by atomic mass is 9.94. The van der Waals surface area contributed by atoms with E-state index in [2.05, 4.69) is 22.1 Å². The molecule has 0 aliphatic heterocycles. The number of fused-ring (bicyclic) bond motifs is 1. The molecule has 0 saturated heterocycles. The van der Waals surface area contributed by atoms with Gasteiger partial charge in [0, 0.05) is 17.8 Å². The van der Waals surface area contributed by atoms with Gasteiger partial charge in [-0.1, -0.05) is 0 Å². The molecular formula is C12H19ClN2OS. The molecule has 1 atom stereocenters. The van der Waals surface area contributed by atoms with E-state index in [1.807, 2.05) is 18.4 Å². The van der Waals surface area contributed by atoms with Crippen LogP contribution in [0.4, 0.5) is 0 Å². The smallest absolute Gasteiger partial charge is 0.221 e. The highest BCUT2D eigenvalue weighted by Crippen LogP contribution is 2.33. The minimum Gasteiger partial charge on any atom is -0.349 e. The van der Waals surface area contributed by atoms with Crippen LogP contribution in [0.15, 0.2) is 11.4 Å². The Bertz CT molecular complexity index is 367. The molecular weight excluding hydrogens is 256 g/mol. The van der Waals surface area contributed by atoms with Crippen molar-refractivity contribution in [2.75, 3.05) is 13.6 Å². The fourth-order valence-corrected chi connectivity index (χ4v) is 3.13. The van der Waals surface area contributed by atoms with E-state index >= 15 is 0 Å². The van der Waals surface area contributed by atoms with Gasteiger partial charge in [0.1, 0.15) is 0 Å². The van der Waals surface area contributed by atoms with Crippen LogP contribution in [-0.2, 0) is 11.2 Å². The lowest BCUT2D eigenvalue weighted by Gasteiger charge is -2.23. The van der Waals surface area contributed by atoms with Gasteiger partial charge in [0.2, 0.25) is 5.91 Å². The summed E-state index contributed by atoms with van der Waals surface area (Å²) in [6.45, 7) is 0.745. The number of nitrogens with one attached hydrogen (secondary N) is 2. The molecule has 1 aliphatic rings. The van der Waals surface area contributed by atoms with Gasteiger partial charge in [-0.05, 0) is 43.3 Å². The molecule has 2 N–H and O–H groups in total. The molecule has 1 heterocycles. The van der Waals surface area contributed by atoms with Crippen LogP contribution in [0.3, 0.4) is 0 Å². The van der Waals surface area contributed by atoms with E-state index in [0.717, 1.165) is 13.0 Å². The average molecular weight is 275 g/mol. The molecule has 1 aromatic heterocycles. The molecule has 1 amide bonds. The molecule has 1 aromatic rings. The first-order chi connectivity index (χ1) is 7.81. The Morgan fingerprint density at radius 3 is 3.18 bits per heavy atom. The standard InChI is InChI=1S/C12H18N2OS.ClH/c1-13-7-5-12(15)14-10-3-2-4-11-9(10)6-8-16-11;/h6,8,10,13H,2-5,7H2,1H3,(H,14,15);1H. The Morgan fingerprint density at radius 1 is 1.59 bits per heavy atom. The highest BCUT2D eigenvalue weighted by molar-refractivity contribution is 7.10. The molecule has 1 unspecified atom stereocenters. The largest absolute Gasteiger partial charge is 0.349 e. The normalized spacial score (nSPS) is 18.1. The SMILES string of the molecule is CNCCC(=O)NC1CCCc2sccc21.Cl. The van der Waals surface area contributed by atoms with E-state index in [-0.39, 0.29) is 24.4 Å². The monoisotopic (exact) mass is 274 g/mol. The third-order valence-corrected chi connectivity index (χ3v) is 3.99. The van der Waals surface area contributed by atoms with Gasteiger partial charge >= 0.3 is 0 Å². The fraction of sp³-hybridized carbons (Fsp3) is 0.583. The summed E-state index contributed by atoms with van der Waals surface area (Å²) in [5.74, 6) is 0.151. The molecule has 17 heavy (non-hydrogen) atoms. The first kappa shape index (κ1) is 14.5. The number of carbonyl (C=O) groups excluding carboxylic acids is 1. The minimum atomic E-state index is 0. The van der Waals surface area contributed by atoms with Gasteiger partial charge in [-0.25, -0.2) is 0 Å². The summed E-state index contributed by atoms with van der Waals surface area (Å²) >= 11 is 1.81. The number of amides is 1. The summed E-state index contributed by atoms with van der Waals surface area (Å²) in [6, 6.07) is 2.40.